The Kier molecular flexibility index (Phi) is 55.3. The summed E-state index contributed by atoms with van der Waals surface area (Å²) in [7, 11) is -4.77. The minimum atomic E-state index is -4.77. The standard InChI is InChI=1S/C64H111O11P/c1-4-7-10-13-16-19-22-25-27-29-30-32-34-37-40-43-46-49-52-55-64(68)75-61(57-71-62(66)53-50-47-44-41-38-36-33-31-28-26-23-20-17-14-11-8-5-2)59-73-76(69,70)72-58-60(56-65)74-63(67)54-51-48-45-42-39-35-24-21-18-15-12-9-6-3/h9,12,16,18-19,21,25,27,30,32,35,39,45,48,60-61,65H,4-8,10-11,13-15,17,20,22-24,26,28-29,31,33-34,36-38,40-44,46-47,49-59H2,1-3H3,(H,69,70)/b12-9-,19-16-,21-18-,27-25-,32-30-,39-35-,48-45-. The number of allylic oxidation sites excluding steroid dienone is 14. The van der Waals surface area contributed by atoms with E-state index < -0.39 is 57.8 Å². The van der Waals surface area contributed by atoms with Gasteiger partial charge in [0.25, 0.3) is 0 Å². The largest absolute Gasteiger partial charge is 0.472 e. The number of esters is 3. The Morgan fingerprint density at radius 2 is 0.711 bits per heavy atom. The first-order chi connectivity index (χ1) is 37.2. The fourth-order valence-electron chi connectivity index (χ4n) is 8.20. The molecule has 11 nitrogen and oxygen atoms in total. The molecule has 0 amide bonds. The van der Waals surface area contributed by atoms with Gasteiger partial charge < -0.3 is 24.2 Å². The van der Waals surface area contributed by atoms with Crippen molar-refractivity contribution >= 4 is 25.7 Å². The molecule has 0 radical (unpaired) electrons. The van der Waals surface area contributed by atoms with Crippen molar-refractivity contribution in [1.82, 2.24) is 0 Å². The normalized spacial score (nSPS) is 13.9. The topological polar surface area (TPSA) is 155 Å². The average molecular weight is 1090 g/mol. The van der Waals surface area contributed by atoms with Crippen LogP contribution >= 0.6 is 7.82 Å². The third-order valence-electron chi connectivity index (χ3n) is 12.8. The molecular weight excluding hydrogens is 976 g/mol. The van der Waals surface area contributed by atoms with Crippen LogP contribution in [0.15, 0.2) is 85.1 Å². The number of aliphatic hydroxyl groups excluding tert-OH is 1. The molecule has 0 aliphatic heterocycles. The summed E-state index contributed by atoms with van der Waals surface area (Å²) in [5.74, 6) is -1.56. The maximum atomic E-state index is 12.9. The number of unbranched alkanes of at least 4 members (excludes halogenated alkanes) is 25. The number of phosphoric ester groups is 1. The summed E-state index contributed by atoms with van der Waals surface area (Å²) in [5, 5.41) is 9.80. The lowest BCUT2D eigenvalue weighted by molar-refractivity contribution is -0.161. The molecule has 0 spiro atoms. The number of phosphoric acid groups is 1. The van der Waals surface area contributed by atoms with Crippen molar-refractivity contribution in [2.75, 3.05) is 26.4 Å². The van der Waals surface area contributed by atoms with E-state index in [1.807, 2.05) is 12.2 Å². The number of ether oxygens (including phenoxy) is 3. The molecule has 0 aromatic rings. The third kappa shape index (κ3) is 55.4. The van der Waals surface area contributed by atoms with Gasteiger partial charge in [0.2, 0.25) is 0 Å². The van der Waals surface area contributed by atoms with Gasteiger partial charge in [0.15, 0.2) is 6.10 Å². The minimum absolute atomic E-state index is 0.0532. The van der Waals surface area contributed by atoms with Crippen LogP contribution in [0.2, 0.25) is 0 Å². The molecule has 2 N–H and O–H groups in total. The molecule has 0 heterocycles. The zero-order chi connectivity index (χ0) is 55.5. The third-order valence-corrected chi connectivity index (χ3v) is 13.8. The van der Waals surface area contributed by atoms with Crippen molar-refractivity contribution in [2.45, 2.75) is 277 Å². The van der Waals surface area contributed by atoms with Gasteiger partial charge in [-0.1, -0.05) is 247 Å². The second-order valence-corrected chi connectivity index (χ2v) is 21.6. The molecule has 3 unspecified atom stereocenters. The summed E-state index contributed by atoms with van der Waals surface area (Å²) in [6.07, 6.45) is 67.0. The van der Waals surface area contributed by atoms with E-state index in [1.165, 1.54) is 109 Å². The number of aliphatic hydroxyl groups is 1. The van der Waals surface area contributed by atoms with Crippen molar-refractivity contribution in [1.29, 1.82) is 0 Å². The van der Waals surface area contributed by atoms with Gasteiger partial charge in [-0.2, -0.15) is 0 Å². The van der Waals surface area contributed by atoms with E-state index in [4.69, 9.17) is 23.3 Å². The first-order valence-electron chi connectivity index (χ1n) is 30.5. The van der Waals surface area contributed by atoms with Gasteiger partial charge in [-0.05, 0) is 83.5 Å². The summed E-state index contributed by atoms with van der Waals surface area (Å²) in [6.45, 7) is 4.43. The van der Waals surface area contributed by atoms with E-state index in [-0.39, 0.29) is 25.9 Å². The van der Waals surface area contributed by atoms with Crippen LogP contribution in [0.4, 0.5) is 0 Å². The van der Waals surface area contributed by atoms with Gasteiger partial charge in [0, 0.05) is 19.3 Å². The predicted molar refractivity (Wildman–Crippen MR) is 316 cm³/mol. The first-order valence-corrected chi connectivity index (χ1v) is 32.0. The number of rotatable bonds is 56. The molecule has 0 aromatic carbocycles. The highest BCUT2D eigenvalue weighted by Gasteiger charge is 2.28. The lowest BCUT2D eigenvalue weighted by atomic mass is 10.0. The van der Waals surface area contributed by atoms with E-state index in [0.29, 0.717) is 19.3 Å². The Bertz CT molecular complexity index is 1600. The molecule has 0 saturated carbocycles. The molecule has 0 rings (SSSR count). The molecule has 0 fully saturated rings. The van der Waals surface area contributed by atoms with Crippen LogP contribution in [0, 0.1) is 0 Å². The van der Waals surface area contributed by atoms with Crippen LogP contribution in [0.5, 0.6) is 0 Å². The number of hydrogen-bond donors (Lipinski definition) is 2. The lowest BCUT2D eigenvalue weighted by Crippen LogP contribution is -2.30. The summed E-state index contributed by atoms with van der Waals surface area (Å²) >= 11 is 0. The van der Waals surface area contributed by atoms with Crippen molar-refractivity contribution in [2.24, 2.45) is 0 Å². The predicted octanol–water partition coefficient (Wildman–Crippen LogP) is 18.3. The Balaban J connectivity index is 4.78. The molecule has 438 valence electrons. The van der Waals surface area contributed by atoms with Crippen LogP contribution in [0.3, 0.4) is 0 Å². The SMILES string of the molecule is CC/C=C\C/C=C\C/C=C\C/C=C\CCC(=O)OC(CO)COP(=O)(O)OCC(COC(=O)CCCCCCCCCCCCCCCCCCC)OC(=O)CCCCCCCC/C=C\C/C=C\C/C=C\CCCCC. The van der Waals surface area contributed by atoms with E-state index >= 15 is 0 Å². The lowest BCUT2D eigenvalue weighted by Gasteiger charge is -2.21. The molecule has 0 aliphatic rings. The molecule has 0 saturated heterocycles. The quantitative estimate of drug-likeness (QED) is 0.0197. The Hall–Kier alpha value is -3.34. The van der Waals surface area contributed by atoms with Crippen LogP contribution < -0.4 is 0 Å². The van der Waals surface area contributed by atoms with Crippen molar-refractivity contribution < 1.29 is 52.2 Å². The average Bonchev–Trinajstić information content (AvgIpc) is 3.41. The second-order valence-electron chi connectivity index (χ2n) is 20.1. The summed E-state index contributed by atoms with van der Waals surface area (Å²) in [6, 6.07) is 0. The number of hydrogen-bond acceptors (Lipinski definition) is 10. The van der Waals surface area contributed by atoms with Crippen molar-refractivity contribution in [3.63, 3.8) is 0 Å². The zero-order valence-corrected chi connectivity index (χ0v) is 49.3. The minimum Gasteiger partial charge on any atom is -0.462 e. The van der Waals surface area contributed by atoms with Crippen LogP contribution in [-0.4, -0.2) is 66.5 Å². The van der Waals surface area contributed by atoms with Gasteiger partial charge in [-0.3, -0.25) is 23.4 Å². The van der Waals surface area contributed by atoms with Crippen LogP contribution in [0.1, 0.15) is 265 Å². The number of carbonyl (C=O) groups is 3. The Labute approximate surface area is 464 Å². The van der Waals surface area contributed by atoms with Crippen LogP contribution in [0.25, 0.3) is 0 Å². The molecule has 0 bridgehead atoms. The smallest absolute Gasteiger partial charge is 0.462 e. The summed E-state index contributed by atoms with van der Waals surface area (Å²) < 4.78 is 39.5. The molecule has 76 heavy (non-hydrogen) atoms. The molecule has 0 aromatic heterocycles. The molecule has 12 heteroatoms. The van der Waals surface area contributed by atoms with E-state index in [2.05, 4.69) is 93.7 Å². The Morgan fingerprint density at radius 1 is 0.382 bits per heavy atom. The molecule has 0 aliphatic carbocycles. The Morgan fingerprint density at radius 3 is 1.16 bits per heavy atom. The summed E-state index contributed by atoms with van der Waals surface area (Å²) in [5.41, 5.74) is 0. The first kappa shape index (κ1) is 72.7. The number of carbonyl (C=O) groups excluding carboxylic acids is 3. The fraction of sp³-hybridized carbons (Fsp3) is 0.734. The molecular formula is C64H111O11P. The maximum absolute atomic E-state index is 12.9. The van der Waals surface area contributed by atoms with Gasteiger partial charge in [-0.25, -0.2) is 4.57 Å². The van der Waals surface area contributed by atoms with Gasteiger partial charge in [0.05, 0.1) is 19.8 Å². The van der Waals surface area contributed by atoms with Gasteiger partial charge in [0.1, 0.15) is 12.7 Å². The summed E-state index contributed by atoms with van der Waals surface area (Å²) in [4.78, 5) is 48.6. The van der Waals surface area contributed by atoms with E-state index in [9.17, 15) is 28.9 Å². The molecule has 3 atom stereocenters. The van der Waals surface area contributed by atoms with Crippen molar-refractivity contribution in [3.8, 4) is 0 Å². The second kappa shape index (κ2) is 57.8. The van der Waals surface area contributed by atoms with Gasteiger partial charge in [-0.15, -0.1) is 0 Å². The van der Waals surface area contributed by atoms with Crippen molar-refractivity contribution in [3.05, 3.63) is 85.1 Å². The highest BCUT2D eigenvalue weighted by Crippen LogP contribution is 2.43. The maximum Gasteiger partial charge on any atom is 0.472 e. The highest BCUT2D eigenvalue weighted by molar-refractivity contribution is 7.47. The highest BCUT2D eigenvalue weighted by atomic mass is 31.2. The van der Waals surface area contributed by atoms with E-state index in [0.717, 1.165) is 96.3 Å². The van der Waals surface area contributed by atoms with Gasteiger partial charge >= 0.3 is 25.7 Å². The van der Waals surface area contributed by atoms with Crippen LogP contribution in [-0.2, 0) is 42.2 Å². The fourth-order valence-corrected chi connectivity index (χ4v) is 8.99. The monoisotopic (exact) mass is 1090 g/mol. The van der Waals surface area contributed by atoms with E-state index in [1.54, 1.807) is 0 Å². The zero-order valence-electron chi connectivity index (χ0n) is 48.5.